The lowest BCUT2D eigenvalue weighted by Gasteiger charge is -2.32. The van der Waals surface area contributed by atoms with Crippen molar-refractivity contribution in [1.29, 1.82) is 0 Å². The Kier molecular flexibility index (Phi) is 5.48. The summed E-state index contributed by atoms with van der Waals surface area (Å²) in [5.74, 6) is 1.03. The first kappa shape index (κ1) is 18.4. The van der Waals surface area contributed by atoms with Crippen LogP contribution in [-0.2, 0) is 6.54 Å². The van der Waals surface area contributed by atoms with Gasteiger partial charge in [-0.2, -0.15) is 4.98 Å². The number of aryl methyl sites for hydroxylation is 1. The highest BCUT2D eigenvalue weighted by atomic mass is 16.5. The van der Waals surface area contributed by atoms with Crippen molar-refractivity contribution in [3.8, 4) is 11.5 Å². The summed E-state index contributed by atoms with van der Waals surface area (Å²) in [5.41, 5.74) is 2.79. The molecule has 1 aliphatic rings. The van der Waals surface area contributed by atoms with E-state index in [1.165, 1.54) is 5.56 Å². The van der Waals surface area contributed by atoms with Gasteiger partial charge in [0, 0.05) is 36.8 Å². The molecular formula is C22H24N4O2. The van der Waals surface area contributed by atoms with Crippen molar-refractivity contribution in [3.63, 3.8) is 0 Å². The number of benzene rings is 2. The number of piperidine rings is 1. The first-order chi connectivity index (χ1) is 13.7. The highest BCUT2D eigenvalue weighted by molar-refractivity contribution is 5.94. The number of carbonyl (C=O) groups excluding carboxylic acids is 1. The topological polar surface area (TPSA) is 71.3 Å². The maximum Gasteiger partial charge on any atom is 0.257 e. The molecular weight excluding hydrogens is 352 g/mol. The molecule has 4 rings (SSSR count). The maximum atomic E-state index is 12.6. The predicted molar refractivity (Wildman–Crippen MR) is 107 cm³/mol. The second-order valence-corrected chi connectivity index (χ2v) is 7.23. The molecule has 0 atom stereocenters. The second-order valence-electron chi connectivity index (χ2n) is 7.23. The number of rotatable bonds is 5. The van der Waals surface area contributed by atoms with Crippen LogP contribution in [0.15, 0.2) is 59.1 Å². The molecule has 0 aliphatic carbocycles. The van der Waals surface area contributed by atoms with Gasteiger partial charge < -0.3 is 9.84 Å². The Bertz CT molecular complexity index is 913. The molecule has 6 nitrogen and oxygen atoms in total. The Morgan fingerprint density at radius 1 is 1.11 bits per heavy atom. The van der Waals surface area contributed by atoms with E-state index < -0.39 is 0 Å². The van der Waals surface area contributed by atoms with Gasteiger partial charge in [0.1, 0.15) is 0 Å². The number of carbonyl (C=O) groups is 1. The second kappa shape index (κ2) is 8.35. The van der Waals surface area contributed by atoms with Gasteiger partial charge in [-0.15, -0.1) is 0 Å². The minimum atomic E-state index is -0.0326. The number of nitrogens with one attached hydrogen (secondary N) is 1. The number of hydrogen-bond donors (Lipinski definition) is 1. The maximum absolute atomic E-state index is 12.6. The molecule has 1 aromatic heterocycles. The van der Waals surface area contributed by atoms with Crippen LogP contribution < -0.4 is 5.32 Å². The minimum absolute atomic E-state index is 0.0326. The lowest BCUT2D eigenvalue weighted by Crippen LogP contribution is -2.44. The molecule has 0 radical (unpaired) electrons. The number of aromatic nitrogens is 2. The molecule has 2 aromatic carbocycles. The molecule has 0 saturated carbocycles. The molecule has 1 saturated heterocycles. The van der Waals surface area contributed by atoms with Crippen LogP contribution in [0, 0.1) is 6.92 Å². The van der Waals surface area contributed by atoms with Crippen LogP contribution in [0.3, 0.4) is 0 Å². The summed E-state index contributed by atoms with van der Waals surface area (Å²) >= 11 is 0. The third kappa shape index (κ3) is 4.46. The van der Waals surface area contributed by atoms with Crippen molar-refractivity contribution in [1.82, 2.24) is 20.4 Å². The summed E-state index contributed by atoms with van der Waals surface area (Å²) in [4.78, 5) is 19.2. The Morgan fingerprint density at radius 3 is 2.46 bits per heavy atom. The molecule has 1 aliphatic heterocycles. The van der Waals surface area contributed by atoms with Crippen molar-refractivity contribution in [2.45, 2.75) is 32.4 Å². The van der Waals surface area contributed by atoms with E-state index in [2.05, 4.69) is 44.6 Å². The summed E-state index contributed by atoms with van der Waals surface area (Å²) in [5, 5.41) is 6.96. The standard InChI is InChI=1S/C22H24N4O2/c1-16-23-22(28-25-16)19-9-7-18(8-10-19)21(27)24-20-11-13-26(14-12-20)15-17-5-3-2-4-6-17/h2-10,20H,11-15H2,1H3,(H,24,27). The molecule has 1 fully saturated rings. The van der Waals surface area contributed by atoms with Crippen molar-refractivity contribution in [2.24, 2.45) is 0 Å². The third-order valence-electron chi connectivity index (χ3n) is 5.09. The van der Waals surface area contributed by atoms with E-state index >= 15 is 0 Å². The molecule has 0 bridgehead atoms. The summed E-state index contributed by atoms with van der Waals surface area (Å²) in [6.07, 6.45) is 1.94. The van der Waals surface area contributed by atoms with E-state index in [0.29, 0.717) is 17.3 Å². The van der Waals surface area contributed by atoms with Gasteiger partial charge >= 0.3 is 0 Å². The fourth-order valence-electron chi connectivity index (χ4n) is 3.52. The van der Waals surface area contributed by atoms with E-state index in [4.69, 9.17) is 4.52 Å². The van der Waals surface area contributed by atoms with Crippen molar-refractivity contribution in [2.75, 3.05) is 13.1 Å². The number of amides is 1. The molecule has 0 spiro atoms. The molecule has 2 heterocycles. The first-order valence-electron chi connectivity index (χ1n) is 9.65. The van der Waals surface area contributed by atoms with E-state index in [0.717, 1.165) is 38.0 Å². The molecule has 6 heteroatoms. The zero-order chi connectivity index (χ0) is 19.3. The normalized spacial score (nSPS) is 15.5. The fraction of sp³-hybridized carbons (Fsp3) is 0.318. The minimum Gasteiger partial charge on any atom is -0.349 e. The SMILES string of the molecule is Cc1noc(-c2ccc(C(=O)NC3CCN(Cc4ccccc4)CC3)cc2)n1. The van der Waals surface area contributed by atoms with Gasteiger partial charge in [-0.1, -0.05) is 35.5 Å². The van der Waals surface area contributed by atoms with Crippen LogP contribution in [-0.4, -0.2) is 40.1 Å². The van der Waals surface area contributed by atoms with Gasteiger partial charge in [-0.3, -0.25) is 9.69 Å². The fourth-order valence-corrected chi connectivity index (χ4v) is 3.52. The summed E-state index contributed by atoms with van der Waals surface area (Å²) in [6, 6.07) is 18.0. The number of nitrogens with zero attached hydrogens (tertiary/aromatic N) is 3. The Balaban J connectivity index is 1.28. The monoisotopic (exact) mass is 376 g/mol. The summed E-state index contributed by atoms with van der Waals surface area (Å²) in [6.45, 7) is 4.74. The van der Waals surface area contributed by atoms with Crippen LogP contribution in [0.25, 0.3) is 11.5 Å². The van der Waals surface area contributed by atoms with Crippen LogP contribution in [0.4, 0.5) is 0 Å². The van der Waals surface area contributed by atoms with Crippen LogP contribution >= 0.6 is 0 Å². The van der Waals surface area contributed by atoms with Crippen LogP contribution in [0.1, 0.15) is 34.6 Å². The summed E-state index contributed by atoms with van der Waals surface area (Å²) < 4.78 is 5.16. The lowest BCUT2D eigenvalue weighted by molar-refractivity contribution is 0.0909. The molecule has 1 amide bonds. The van der Waals surface area contributed by atoms with Gasteiger partial charge in [0.05, 0.1) is 0 Å². The molecule has 144 valence electrons. The number of likely N-dealkylation sites (tertiary alicyclic amines) is 1. The number of hydrogen-bond acceptors (Lipinski definition) is 5. The summed E-state index contributed by atoms with van der Waals surface area (Å²) in [7, 11) is 0. The average Bonchev–Trinajstić information content (AvgIpc) is 3.17. The van der Waals surface area contributed by atoms with Crippen LogP contribution in [0.5, 0.6) is 0 Å². The third-order valence-corrected chi connectivity index (χ3v) is 5.09. The molecule has 28 heavy (non-hydrogen) atoms. The average molecular weight is 376 g/mol. The zero-order valence-corrected chi connectivity index (χ0v) is 16.0. The zero-order valence-electron chi connectivity index (χ0n) is 16.0. The van der Waals surface area contributed by atoms with E-state index in [1.807, 2.05) is 18.2 Å². The molecule has 3 aromatic rings. The van der Waals surface area contributed by atoms with E-state index in [9.17, 15) is 4.79 Å². The van der Waals surface area contributed by atoms with Crippen LogP contribution in [0.2, 0.25) is 0 Å². The quantitative estimate of drug-likeness (QED) is 0.739. The van der Waals surface area contributed by atoms with E-state index in [1.54, 1.807) is 19.1 Å². The van der Waals surface area contributed by atoms with Crippen molar-refractivity contribution in [3.05, 3.63) is 71.5 Å². The van der Waals surface area contributed by atoms with Gasteiger partial charge in [0.25, 0.3) is 11.8 Å². The van der Waals surface area contributed by atoms with E-state index in [-0.39, 0.29) is 11.9 Å². The smallest absolute Gasteiger partial charge is 0.257 e. The Labute approximate surface area is 164 Å². The highest BCUT2D eigenvalue weighted by Gasteiger charge is 2.21. The van der Waals surface area contributed by atoms with Gasteiger partial charge in [0.2, 0.25) is 0 Å². The first-order valence-corrected chi connectivity index (χ1v) is 9.65. The largest absolute Gasteiger partial charge is 0.349 e. The molecule has 1 N–H and O–H groups in total. The van der Waals surface area contributed by atoms with Gasteiger partial charge in [-0.05, 0) is 49.6 Å². The van der Waals surface area contributed by atoms with Crippen molar-refractivity contribution < 1.29 is 9.32 Å². The van der Waals surface area contributed by atoms with Gasteiger partial charge in [-0.25, -0.2) is 0 Å². The van der Waals surface area contributed by atoms with Crippen molar-refractivity contribution >= 4 is 5.91 Å². The lowest BCUT2D eigenvalue weighted by atomic mass is 10.0. The molecule has 0 unspecified atom stereocenters. The predicted octanol–water partition coefficient (Wildman–Crippen LogP) is 3.44. The Hall–Kier alpha value is -2.99. The Morgan fingerprint density at radius 2 is 1.82 bits per heavy atom. The van der Waals surface area contributed by atoms with Gasteiger partial charge in [0.15, 0.2) is 5.82 Å². The highest BCUT2D eigenvalue weighted by Crippen LogP contribution is 2.18.